The maximum Gasteiger partial charge on any atom is 0.273 e. The number of fused-ring (bicyclic) bond motifs is 1. The molecule has 3 heterocycles. The summed E-state index contributed by atoms with van der Waals surface area (Å²) in [6.07, 6.45) is 4.79. The molecular formula is C21H25N9O2. The zero-order valence-corrected chi connectivity index (χ0v) is 17.8. The van der Waals surface area contributed by atoms with Crippen LogP contribution in [0.5, 0.6) is 0 Å². The van der Waals surface area contributed by atoms with E-state index in [0.29, 0.717) is 18.8 Å². The fraction of sp³-hybridized carbons (Fsp3) is 0.333. The van der Waals surface area contributed by atoms with Gasteiger partial charge < -0.3 is 21.3 Å². The molecule has 1 atom stereocenters. The zero-order valence-electron chi connectivity index (χ0n) is 17.8. The Morgan fingerprint density at radius 1 is 1.34 bits per heavy atom. The van der Waals surface area contributed by atoms with Crippen molar-refractivity contribution in [2.24, 2.45) is 5.73 Å². The molecule has 11 heteroatoms. The quantitative estimate of drug-likeness (QED) is 0.476. The Labute approximate surface area is 184 Å². The number of nitrogens with one attached hydrogen (secondary N) is 2. The molecule has 0 saturated carbocycles. The van der Waals surface area contributed by atoms with Crippen molar-refractivity contribution >= 4 is 40.2 Å². The van der Waals surface area contributed by atoms with Crippen LogP contribution < -0.4 is 16.4 Å². The fourth-order valence-corrected chi connectivity index (χ4v) is 3.80. The van der Waals surface area contributed by atoms with Crippen LogP contribution in [0.25, 0.3) is 10.9 Å². The smallest absolute Gasteiger partial charge is 0.273 e. The summed E-state index contributed by atoms with van der Waals surface area (Å²) in [7, 11) is 0. The summed E-state index contributed by atoms with van der Waals surface area (Å²) in [6, 6.07) is 5.68. The second-order valence-electron chi connectivity index (χ2n) is 7.53. The highest BCUT2D eigenvalue weighted by molar-refractivity contribution is 5.96. The van der Waals surface area contributed by atoms with Crippen molar-refractivity contribution < 1.29 is 9.59 Å². The number of carbonyl (C=O) groups is 2. The summed E-state index contributed by atoms with van der Waals surface area (Å²) in [5.41, 5.74) is 7.13. The first-order chi connectivity index (χ1) is 15.5. The average Bonchev–Trinajstić information content (AvgIpc) is 3.21. The van der Waals surface area contributed by atoms with Gasteiger partial charge in [-0.1, -0.05) is 6.58 Å². The van der Waals surface area contributed by atoms with Gasteiger partial charge in [0.2, 0.25) is 11.9 Å². The lowest BCUT2D eigenvalue weighted by Crippen LogP contribution is -2.44. The molecule has 1 saturated heterocycles. The number of piperidine rings is 1. The SMILES string of the molecule is C=CC(=O)N1CCC[C@@H](Nc2nnc(C(N)=O)c(Nc3ccc4c(cnn4CC)c3)n2)C1. The van der Waals surface area contributed by atoms with Crippen LogP contribution in [0.4, 0.5) is 17.5 Å². The van der Waals surface area contributed by atoms with Gasteiger partial charge in [0, 0.05) is 36.7 Å². The van der Waals surface area contributed by atoms with Gasteiger partial charge in [-0.25, -0.2) is 0 Å². The second kappa shape index (κ2) is 9.00. The predicted octanol–water partition coefficient (Wildman–Crippen LogP) is 1.67. The summed E-state index contributed by atoms with van der Waals surface area (Å²) in [4.78, 5) is 30.0. The summed E-state index contributed by atoms with van der Waals surface area (Å²) >= 11 is 0. The number of nitrogens with zero attached hydrogens (tertiary/aromatic N) is 6. The Morgan fingerprint density at radius 3 is 2.94 bits per heavy atom. The van der Waals surface area contributed by atoms with E-state index in [0.717, 1.165) is 30.3 Å². The number of amides is 2. The fourth-order valence-electron chi connectivity index (χ4n) is 3.80. The van der Waals surface area contributed by atoms with Crippen molar-refractivity contribution in [2.45, 2.75) is 32.4 Å². The van der Waals surface area contributed by atoms with Gasteiger partial charge >= 0.3 is 0 Å². The van der Waals surface area contributed by atoms with Gasteiger partial charge in [0.25, 0.3) is 5.91 Å². The van der Waals surface area contributed by atoms with Crippen LogP contribution >= 0.6 is 0 Å². The molecule has 4 rings (SSSR count). The average molecular weight is 435 g/mol. The van der Waals surface area contributed by atoms with E-state index in [2.05, 4.69) is 37.5 Å². The molecule has 2 amide bonds. The number of hydrogen-bond acceptors (Lipinski definition) is 8. The molecule has 2 aromatic heterocycles. The highest BCUT2D eigenvalue weighted by Gasteiger charge is 2.23. The molecule has 1 fully saturated rings. The van der Waals surface area contributed by atoms with E-state index in [1.54, 1.807) is 11.1 Å². The molecule has 32 heavy (non-hydrogen) atoms. The van der Waals surface area contributed by atoms with Gasteiger partial charge in [-0.05, 0) is 44.0 Å². The Morgan fingerprint density at radius 2 is 2.19 bits per heavy atom. The molecule has 3 aromatic rings. The summed E-state index contributed by atoms with van der Waals surface area (Å²) in [6.45, 7) is 7.53. The Hall–Kier alpha value is -4.02. The lowest BCUT2D eigenvalue weighted by molar-refractivity contribution is -0.127. The Balaban J connectivity index is 1.56. The normalized spacial score (nSPS) is 16.0. The number of carbonyl (C=O) groups excluding carboxylic acids is 2. The molecule has 0 aliphatic carbocycles. The molecular weight excluding hydrogens is 410 g/mol. The van der Waals surface area contributed by atoms with Crippen LogP contribution in [0, 0.1) is 0 Å². The minimum Gasteiger partial charge on any atom is -0.364 e. The maximum atomic E-state index is 11.9. The summed E-state index contributed by atoms with van der Waals surface area (Å²) in [5, 5.41) is 19.6. The lowest BCUT2D eigenvalue weighted by Gasteiger charge is -2.32. The predicted molar refractivity (Wildman–Crippen MR) is 120 cm³/mol. The largest absolute Gasteiger partial charge is 0.364 e. The standard InChI is InChI=1S/C21H25N9O2/c1-3-17(31)29-9-5-6-15(12-29)25-21-26-20(18(19(22)32)27-28-21)24-14-7-8-16-13(10-14)11-23-30(16)4-2/h3,7-8,10-11,15H,1,4-6,9,12H2,2H3,(H2,22,32)(H2,24,25,26,28)/t15-/m1/s1. The molecule has 166 valence electrons. The van der Waals surface area contributed by atoms with Crippen molar-refractivity contribution in [1.82, 2.24) is 29.9 Å². The molecule has 11 nitrogen and oxygen atoms in total. The molecule has 1 aliphatic rings. The van der Waals surface area contributed by atoms with Gasteiger partial charge in [0.15, 0.2) is 11.5 Å². The van der Waals surface area contributed by atoms with Crippen molar-refractivity contribution in [2.75, 3.05) is 23.7 Å². The molecule has 0 spiro atoms. The van der Waals surface area contributed by atoms with Crippen LogP contribution in [-0.2, 0) is 11.3 Å². The monoisotopic (exact) mass is 435 g/mol. The lowest BCUT2D eigenvalue weighted by atomic mass is 10.1. The van der Waals surface area contributed by atoms with E-state index in [9.17, 15) is 9.59 Å². The number of aromatic nitrogens is 5. The number of likely N-dealkylation sites (tertiary alicyclic amines) is 1. The number of nitrogens with two attached hydrogens (primary N) is 1. The number of benzene rings is 1. The third kappa shape index (κ3) is 4.36. The van der Waals surface area contributed by atoms with Crippen molar-refractivity contribution in [3.05, 3.63) is 42.7 Å². The van der Waals surface area contributed by atoms with Gasteiger partial charge in [-0.15, -0.1) is 10.2 Å². The number of anilines is 3. The van der Waals surface area contributed by atoms with E-state index < -0.39 is 5.91 Å². The Kier molecular flexibility index (Phi) is 5.97. The zero-order chi connectivity index (χ0) is 22.7. The molecule has 0 radical (unpaired) electrons. The first-order valence-corrected chi connectivity index (χ1v) is 10.4. The van der Waals surface area contributed by atoms with Crippen molar-refractivity contribution in [1.29, 1.82) is 0 Å². The minimum atomic E-state index is -0.737. The molecule has 0 bridgehead atoms. The summed E-state index contributed by atoms with van der Waals surface area (Å²) < 4.78 is 1.90. The minimum absolute atomic E-state index is 0.0436. The van der Waals surface area contributed by atoms with Crippen LogP contribution in [0.1, 0.15) is 30.3 Å². The highest BCUT2D eigenvalue weighted by atomic mass is 16.2. The van der Waals surface area contributed by atoms with Crippen LogP contribution in [0.3, 0.4) is 0 Å². The first-order valence-electron chi connectivity index (χ1n) is 10.4. The van der Waals surface area contributed by atoms with Crippen molar-refractivity contribution in [3.8, 4) is 0 Å². The summed E-state index contributed by atoms with van der Waals surface area (Å²) in [5.74, 6) is -0.398. The molecule has 1 aliphatic heterocycles. The second-order valence-corrected chi connectivity index (χ2v) is 7.53. The third-order valence-corrected chi connectivity index (χ3v) is 5.37. The topological polar surface area (TPSA) is 144 Å². The Bertz CT molecular complexity index is 1170. The van der Waals surface area contributed by atoms with Crippen LogP contribution in [0.2, 0.25) is 0 Å². The molecule has 4 N–H and O–H groups in total. The van der Waals surface area contributed by atoms with E-state index in [1.807, 2.05) is 29.8 Å². The van der Waals surface area contributed by atoms with E-state index in [-0.39, 0.29) is 29.4 Å². The number of aryl methyl sites for hydroxylation is 1. The van der Waals surface area contributed by atoms with Gasteiger partial charge in [0.1, 0.15) is 0 Å². The van der Waals surface area contributed by atoms with Crippen LogP contribution in [-0.4, -0.2) is 60.8 Å². The van der Waals surface area contributed by atoms with Gasteiger partial charge in [-0.3, -0.25) is 14.3 Å². The third-order valence-electron chi connectivity index (χ3n) is 5.37. The number of hydrogen-bond donors (Lipinski definition) is 3. The highest BCUT2D eigenvalue weighted by Crippen LogP contribution is 2.24. The number of primary amides is 1. The van der Waals surface area contributed by atoms with Crippen LogP contribution in [0.15, 0.2) is 37.1 Å². The van der Waals surface area contributed by atoms with Crippen molar-refractivity contribution in [3.63, 3.8) is 0 Å². The van der Waals surface area contributed by atoms with E-state index in [4.69, 9.17) is 5.73 Å². The molecule has 0 unspecified atom stereocenters. The molecule has 1 aromatic carbocycles. The van der Waals surface area contributed by atoms with E-state index in [1.165, 1.54) is 6.08 Å². The number of rotatable bonds is 7. The van der Waals surface area contributed by atoms with E-state index >= 15 is 0 Å². The first kappa shape index (κ1) is 21.2. The maximum absolute atomic E-state index is 11.9. The van der Waals surface area contributed by atoms with Gasteiger partial charge in [0.05, 0.1) is 11.7 Å². The van der Waals surface area contributed by atoms with Gasteiger partial charge in [-0.2, -0.15) is 10.1 Å².